The Balaban J connectivity index is 1.64. The highest BCUT2D eigenvalue weighted by Crippen LogP contribution is 2.19. The molecule has 2 amide bonds. The van der Waals surface area contributed by atoms with E-state index < -0.39 is 0 Å². The molecule has 2 rings (SSSR count). The number of hydrogen-bond donors (Lipinski definition) is 0. The third-order valence-corrected chi connectivity index (χ3v) is 4.27. The quantitative estimate of drug-likeness (QED) is 0.455. The third-order valence-electron chi connectivity index (χ3n) is 3.17. The molecule has 102 valence electrons. The van der Waals surface area contributed by atoms with E-state index >= 15 is 0 Å². The van der Waals surface area contributed by atoms with Gasteiger partial charge in [0.15, 0.2) is 0 Å². The molecule has 0 atom stereocenters. The van der Waals surface area contributed by atoms with Gasteiger partial charge in [0.1, 0.15) is 0 Å². The summed E-state index contributed by atoms with van der Waals surface area (Å²) >= 11 is 1.82. The predicted octanol–water partition coefficient (Wildman–Crippen LogP) is 3.10. The van der Waals surface area contributed by atoms with Crippen LogP contribution in [-0.4, -0.2) is 29.0 Å². The lowest BCUT2D eigenvalue weighted by molar-refractivity contribution is -0.147. The molecule has 0 spiro atoms. The van der Waals surface area contributed by atoms with E-state index in [1.54, 1.807) is 0 Å². The highest BCUT2D eigenvalue weighted by molar-refractivity contribution is 7.99. The Morgan fingerprint density at radius 3 is 2.37 bits per heavy atom. The number of amides is 2. The van der Waals surface area contributed by atoms with Gasteiger partial charge >= 0.3 is 0 Å². The van der Waals surface area contributed by atoms with Crippen LogP contribution in [0.15, 0.2) is 35.2 Å². The van der Waals surface area contributed by atoms with Crippen LogP contribution in [0.25, 0.3) is 0 Å². The van der Waals surface area contributed by atoms with Crippen LogP contribution in [0, 0.1) is 0 Å². The van der Waals surface area contributed by atoms with Crippen molar-refractivity contribution in [3.8, 4) is 0 Å². The second kappa shape index (κ2) is 7.34. The monoisotopic (exact) mass is 277 g/mol. The van der Waals surface area contributed by atoms with Crippen LogP contribution >= 0.6 is 11.8 Å². The van der Waals surface area contributed by atoms with Crippen molar-refractivity contribution in [2.24, 2.45) is 0 Å². The van der Waals surface area contributed by atoms with Gasteiger partial charge in [-0.3, -0.25) is 14.5 Å². The summed E-state index contributed by atoms with van der Waals surface area (Å²) in [5, 5.41) is 0. The van der Waals surface area contributed by atoms with Gasteiger partial charge in [0.2, 0.25) is 11.8 Å². The maximum atomic E-state index is 11.6. The minimum absolute atomic E-state index is 0.00645. The molecule has 1 heterocycles. The van der Waals surface area contributed by atoms with E-state index in [1.807, 2.05) is 30.0 Å². The molecule has 0 saturated carbocycles. The molecule has 1 aliphatic heterocycles. The Bertz CT molecular complexity index is 417. The van der Waals surface area contributed by atoms with E-state index in [2.05, 4.69) is 12.1 Å². The fraction of sp³-hybridized carbons (Fsp3) is 0.467. The van der Waals surface area contributed by atoms with E-state index in [1.165, 1.54) is 9.80 Å². The highest BCUT2D eigenvalue weighted by atomic mass is 32.2. The molecule has 1 fully saturated rings. The van der Waals surface area contributed by atoms with Gasteiger partial charge in [-0.25, -0.2) is 0 Å². The Morgan fingerprint density at radius 1 is 1.00 bits per heavy atom. The van der Waals surface area contributed by atoms with Crippen molar-refractivity contribution in [2.45, 2.75) is 37.0 Å². The van der Waals surface area contributed by atoms with Gasteiger partial charge in [0.05, 0.1) is 0 Å². The van der Waals surface area contributed by atoms with Gasteiger partial charge in [0, 0.05) is 24.3 Å². The lowest BCUT2D eigenvalue weighted by Crippen LogP contribution is -2.40. The SMILES string of the molecule is O=C1CCCC(=O)N1CCCCSc1ccccc1. The summed E-state index contributed by atoms with van der Waals surface area (Å²) in [7, 11) is 0. The lowest BCUT2D eigenvalue weighted by Gasteiger charge is -2.24. The number of thioether (sulfide) groups is 1. The van der Waals surface area contributed by atoms with Gasteiger partial charge < -0.3 is 0 Å². The molecule has 0 aromatic heterocycles. The van der Waals surface area contributed by atoms with Crippen LogP contribution in [-0.2, 0) is 9.59 Å². The third kappa shape index (κ3) is 4.39. The number of carbonyl (C=O) groups is 2. The highest BCUT2D eigenvalue weighted by Gasteiger charge is 2.24. The van der Waals surface area contributed by atoms with E-state index in [4.69, 9.17) is 0 Å². The van der Waals surface area contributed by atoms with E-state index in [0.29, 0.717) is 19.4 Å². The van der Waals surface area contributed by atoms with Crippen molar-refractivity contribution >= 4 is 23.6 Å². The molecular weight excluding hydrogens is 258 g/mol. The zero-order valence-corrected chi connectivity index (χ0v) is 11.8. The van der Waals surface area contributed by atoms with Gasteiger partial charge in [-0.15, -0.1) is 11.8 Å². The number of carbonyl (C=O) groups excluding carboxylic acids is 2. The lowest BCUT2D eigenvalue weighted by atomic mass is 10.1. The average molecular weight is 277 g/mol. The number of unbranched alkanes of at least 4 members (excludes halogenated alkanes) is 1. The molecule has 1 saturated heterocycles. The first-order valence-electron chi connectivity index (χ1n) is 6.78. The molecule has 0 N–H and O–H groups in total. The molecule has 19 heavy (non-hydrogen) atoms. The van der Waals surface area contributed by atoms with E-state index in [9.17, 15) is 9.59 Å². The van der Waals surface area contributed by atoms with Gasteiger partial charge in [-0.2, -0.15) is 0 Å². The smallest absolute Gasteiger partial charge is 0.229 e. The maximum Gasteiger partial charge on any atom is 0.229 e. The van der Waals surface area contributed by atoms with Crippen molar-refractivity contribution in [3.05, 3.63) is 30.3 Å². The zero-order chi connectivity index (χ0) is 13.5. The summed E-state index contributed by atoms with van der Waals surface area (Å²) < 4.78 is 0. The van der Waals surface area contributed by atoms with Crippen LogP contribution < -0.4 is 0 Å². The summed E-state index contributed by atoms with van der Waals surface area (Å²) in [6.45, 7) is 0.590. The number of piperidine rings is 1. The minimum atomic E-state index is 0.00645. The molecule has 3 nitrogen and oxygen atoms in total. The molecule has 0 unspecified atom stereocenters. The Hall–Kier alpha value is -1.29. The van der Waals surface area contributed by atoms with Crippen LogP contribution in [0.2, 0.25) is 0 Å². The molecule has 1 aromatic rings. The van der Waals surface area contributed by atoms with Crippen LogP contribution in [0.5, 0.6) is 0 Å². The van der Waals surface area contributed by atoms with Gasteiger partial charge in [-0.1, -0.05) is 18.2 Å². The largest absolute Gasteiger partial charge is 0.283 e. The molecule has 0 radical (unpaired) electrons. The predicted molar refractivity (Wildman–Crippen MR) is 77.0 cm³/mol. The fourth-order valence-corrected chi connectivity index (χ4v) is 3.06. The van der Waals surface area contributed by atoms with E-state index in [-0.39, 0.29) is 11.8 Å². The topological polar surface area (TPSA) is 37.4 Å². The van der Waals surface area contributed by atoms with Crippen molar-refractivity contribution in [1.82, 2.24) is 4.90 Å². The standard InChI is InChI=1S/C15H19NO2S/c17-14-9-6-10-15(18)16(14)11-4-5-12-19-13-7-2-1-3-8-13/h1-3,7-8H,4-6,9-12H2. The molecule has 4 heteroatoms. The second-order valence-corrected chi connectivity index (χ2v) is 5.83. The summed E-state index contributed by atoms with van der Waals surface area (Å²) in [6.07, 6.45) is 3.71. The van der Waals surface area contributed by atoms with Crippen LogP contribution in [0.1, 0.15) is 32.1 Å². The van der Waals surface area contributed by atoms with Gasteiger partial charge in [0.25, 0.3) is 0 Å². The first kappa shape index (κ1) is 14.1. The number of imide groups is 1. The average Bonchev–Trinajstić information content (AvgIpc) is 2.42. The number of rotatable bonds is 6. The molecule has 0 bridgehead atoms. The Kier molecular flexibility index (Phi) is 5.45. The molecule has 0 aliphatic carbocycles. The fourth-order valence-electron chi connectivity index (χ4n) is 2.13. The normalized spacial score (nSPS) is 15.9. The first-order chi connectivity index (χ1) is 9.27. The van der Waals surface area contributed by atoms with Crippen molar-refractivity contribution < 1.29 is 9.59 Å². The van der Waals surface area contributed by atoms with E-state index in [0.717, 1.165) is 25.0 Å². The summed E-state index contributed by atoms with van der Waals surface area (Å²) in [5.74, 6) is 1.04. The Labute approximate surface area is 118 Å². The Morgan fingerprint density at radius 2 is 1.68 bits per heavy atom. The summed E-state index contributed by atoms with van der Waals surface area (Å²) in [5.41, 5.74) is 0. The zero-order valence-electron chi connectivity index (χ0n) is 11.0. The molecule has 1 aromatic carbocycles. The number of likely N-dealkylation sites (tertiary alicyclic amines) is 1. The summed E-state index contributed by atoms with van der Waals surface area (Å²) in [4.78, 5) is 25.9. The summed E-state index contributed by atoms with van der Waals surface area (Å²) in [6, 6.07) is 10.3. The number of hydrogen-bond acceptors (Lipinski definition) is 3. The van der Waals surface area contributed by atoms with Crippen molar-refractivity contribution in [3.63, 3.8) is 0 Å². The van der Waals surface area contributed by atoms with Crippen molar-refractivity contribution in [2.75, 3.05) is 12.3 Å². The molecular formula is C15H19NO2S. The minimum Gasteiger partial charge on any atom is -0.283 e. The first-order valence-corrected chi connectivity index (χ1v) is 7.77. The number of benzene rings is 1. The molecule has 1 aliphatic rings. The van der Waals surface area contributed by atoms with Gasteiger partial charge in [-0.05, 0) is 37.1 Å². The van der Waals surface area contributed by atoms with Crippen LogP contribution in [0.4, 0.5) is 0 Å². The van der Waals surface area contributed by atoms with Crippen molar-refractivity contribution in [1.29, 1.82) is 0 Å². The maximum absolute atomic E-state index is 11.6. The second-order valence-electron chi connectivity index (χ2n) is 4.66. The van der Waals surface area contributed by atoms with Crippen LogP contribution in [0.3, 0.4) is 0 Å². The number of nitrogens with zero attached hydrogens (tertiary/aromatic N) is 1.